The Balaban J connectivity index is 1.47. The zero-order chi connectivity index (χ0) is 23.4. The quantitative estimate of drug-likeness (QED) is 0.336. The number of hydrogen-bond donors (Lipinski definition) is 1. The van der Waals surface area contributed by atoms with Crippen LogP contribution in [0.4, 0.5) is 4.79 Å². The summed E-state index contributed by atoms with van der Waals surface area (Å²) in [6, 6.07) is 11.9. The molecule has 7 nitrogen and oxygen atoms in total. The van der Waals surface area contributed by atoms with Crippen molar-refractivity contribution in [1.29, 1.82) is 0 Å². The average molecular weight is 450 g/mol. The van der Waals surface area contributed by atoms with E-state index in [9.17, 15) is 14.4 Å². The van der Waals surface area contributed by atoms with Gasteiger partial charge in [-0.2, -0.15) is 0 Å². The van der Waals surface area contributed by atoms with Crippen LogP contribution < -0.4 is 15.7 Å². The number of aryl methyl sites for hydroxylation is 2. The molecule has 0 saturated carbocycles. The Kier molecular flexibility index (Phi) is 6.77. The number of rotatable bonds is 6. The second-order valence-electron chi connectivity index (χ2n) is 8.21. The van der Waals surface area contributed by atoms with Crippen molar-refractivity contribution in [2.75, 3.05) is 0 Å². The SMILES string of the molecule is CC[C@@H](NC(=O)OCc1ccccc1)C(=O)Oc1ccc2c3c(c(=O)oc2c1C)CCCC3. The first-order chi connectivity index (χ1) is 16.0. The normalized spacial score (nSPS) is 13.8. The van der Waals surface area contributed by atoms with E-state index in [1.165, 1.54) is 0 Å². The molecule has 1 N–H and O–H groups in total. The molecule has 1 amide bonds. The second-order valence-corrected chi connectivity index (χ2v) is 8.21. The topological polar surface area (TPSA) is 94.8 Å². The molecule has 1 aliphatic rings. The largest absolute Gasteiger partial charge is 0.445 e. The first-order valence-electron chi connectivity index (χ1n) is 11.2. The first kappa shape index (κ1) is 22.6. The lowest BCUT2D eigenvalue weighted by Crippen LogP contribution is -2.42. The van der Waals surface area contributed by atoms with E-state index >= 15 is 0 Å². The molecule has 0 aliphatic heterocycles. The molecule has 0 saturated heterocycles. The number of ether oxygens (including phenoxy) is 2. The van der Waals surface area contributed by atoms with E-state index in [4.69, 9.17) is 13.9 Å². The Morgan fingerprint density at radius 1 is 1.06 bits per heavy atom. The van der Waals surface area contributed by atoms with Gasteiger partial charge in [-0.3, -0.25) is 0 Å². The number of esters is 1. The number of fused-ring (bicyclic) bond motifs is 3. The van der Waals surface area contributed by atoms with Crippen molar-refractivity contribution in [1.82, 2.24) is 5.32 Å². The van der Waals surface area contributed by atoms with E-state index in [1.807, 2.05) is 36.4 Å². The molecule has 0 bridgehead atoms. The first-order valence-corrected chi connectivity index (χ1v) is 11.2. The molecule has 7 heteroatoms. The molecule has 1 heterocycles. The Hall–Kier alpha value is -3.61. The summed E-state index contributed by atoms with van der Waals surface area (Å²) >= 11 is 0. The minimum atomic E-state index is -0.876. The predicted octanol–water partition coefficient (Wildman–Crippen LogP) is 4.59. The lowest BCUT2D eigenvalue weighted by molar-refractivity contribution is -0.136. The lowest BCUT2D eigenvalue weighted by atomic mass is 9.90. The molecule has 1 atom stereocenters. The summed E-state index contributed by atoms with van der Waals surface area (Å²) in [5.41, 5.74) is 3.32. The monoisotopic (exact) mass is 449 g/mol. The van der Waals surface area contributed by atoms with Gasteiger partial charge in [-0.05, 0) is 62.3 Å². The molecular weight excluding hydrogens is 422 g/mol. The summed E-state index contributed by atoms with van der Waals surface area (Å²) < 4.78 is 16.4. The summed E-state index contributed by atoms with van der Waals surface area (Å²) in [6.45, 7) is 3.62. The number of amides is 1. The van der Waals surface area contributed by atoms with Crippen LogP contribution >= 0.6 is 0 Å². The number of carbonyl (C=O) groups is 2. The van der Waals surface area contributed by atoms with E-state index in [1.54, 1.807) is 19.9 Å². The summed E-state index contributed by atoms with van der Waals surface area (Å²) in [7, 11) is 0. The van der Waals surface area contributed by atoms with Gasteiger partial charge >= 0.3 is 17.7 Å². The van der Waals surface area contributed by atoms with Crippen LogP contribution in [-0.2, 0) is 29.0 Å². The molecule has 2 aromatic carbocycles. The summed E-state index contributed by atoms with van der Waals surface area (Å²) in [6.07, 6.45) is 3.21. The molecule has 172 valence electrons. The molecule has 0 radical (unpaired) electrons. The third kappa shape index (κ3) is 4.92. The third-order valence-corrected chi connectivity index (χ3v) is 6.00. The van der Waals surface area contributed by atoms with Gasteiger partial charge in [0.05, 0.1) is 0 Å². The van der Waals surface area contributed by atoms with Gasteiger partial charge in [0.1, 0.15) is 24.0 Å². The fourth-order valence-corrected chi connectivity index (χ4v) is 4.15. The highest BCUT2D eigenvalue weighted by atomic mass is 16.6. The molecule has 1 aromatic heterocycles. The summed E-state index contributed by atoms with van der Waals surface area (Å²) in [5.74, 6) is -0.318. The van der Waals surface area contributed by atoms with Crippen LogP contribution in [0.25, 0.3) is 11.0 Å². The number of hydrogen-bond acceptors (Lipinski definition) is 6. The number of nitrogens with one attached hydrogen (secondary N) is 1. The van der Waals surface area contributed by atoms with E-state index in [0.717, 1.165) is 47.8 Å². The van der Waals surface area contributed by atoms with Crippen LogP contribution in [0.3, 0.4) is 0 Å². The highest BCUT2D eigenvalue weighted by Crippen LogP contribution is 2.32. The van der Waals surface area contributed by atoms with Crippen molar-refractivity contribution in [3.05, 3.63) is 75.1 Å². The highest BCUT2D eigenvalue weighted by molar-refractivity contribution is 5.88. The standard InChI is InChI=1S/C26H27NO6/c1-3-21(27-26(30)31-15-17-9-5-4-6-10-17)25(29)32-22-14-13-19-18-11-7-8-12-20(18)24(28)33-23(19)16(22)2/h4-6,9-10,13-14,21H,3,7-8,11-12,15H2,1-2H3,(H,27,30)/t21-/m1/s1. The van der Waals surface area contributed by atoms with Crippen molar-refractivity contribution in [3.8, 4) is 5.75 Å². The van der Waals surface area contributed by atoms with Gasteiger partial charge < -0.3 is 19.2 Å². The van der Waals surface area contributed by atoms with Crippen LogP contribution in [-0.4, -0.2) is 18.1 Å². The van der Waals surface area contributed by atoms with Crippen molar-refractivity contribution in [3.63, 3.8) is 0 Å². The van der Waals surface area contributed by atoms with Gasteiger partial charge in [-0.15, -0.1) is 0 Å². The molecular formula is C26H27NO6. The van der Waals surface area contributed by atoms with Crippen molar-refractivity contribution in [2.24, 2.45) is 0 Å². The number of benzene rings is 2. The average Bonchev–Trinajstić information content (AvgIpc) is 2.84. The molecule has 0 unspecified atom stereocenters. The van der Waals surface area contributed by atoms with Crippen LogP contribution in [0, 0.1) is 6.92 Å². The van der Waals surface area contributed by atoms with Gasteiger partial charge in [0.2, 0.25) is 0 Å². The lowest BCUT2D eigenvalue weighted by Gasteiger charge is -2.19. The van der Waals surface area contributed by atoms with Crippen molar-refractivity contribution >= 4 is 23.0 Å². The molecule has 33 heavy (non-hydrogen) atoms. The van der Waals surface area contributed by atoms with Gasteiger partial charge in [0.15, 0.2) is 0 Å². The Morgan fingerprint density at radius 3 is 2.52 bits per heavy atom. The van der Waals surface area contributed by atoms with E-state index in [2.05, 4.69) is 5.32 Å². The van der Waals surface area contributed by atoms with Crippen LogP contribution in [0.15, 0.2) is 51.7 Å². The van der Waals surface area contributed by atoms with E-state index in [-0.39, 0.29) is 12.2 Å². The van der Waals surface area contributed by atoms with Crippen molar-refractivity contribution < 1.29 is 23.5 Å². The van der Waals surface area contributed by atoms with Crippen LogP contribution in [0.5, 0.6) is 5.75 Å². The van der Waals surface area contributed by atoms with Crippen LogP contribution in [0.1, 0.15) is 48.4 Å². The second kappa shape index (κ2) is 9.90. The maximum atomic E-state index is 12.8. The van der Waals surface area contributed by atoms with Gasteiger partial charge in [-0.1, -0.05) is 37.3 Å². The zero-order valence-corrected chi connectivity index (χ0v) is 18.8. The van der Waals surface area contributed by atoms with Crippen LogP contribution in [0.2, 0.25) is 0 Å². The number of alkyl carbamates (subject to hydrolysis) is 1. The Labute approximate surface area is 191 Å². The Bertz CT molecular complexity index is 1230. The van der Waals surface area contributed by atoms with Gasteiger partial charge in [0, 0.05) is 16.5 Å². The predicted molar refractivity (Wildman–Crippen MR) is 123 cm³/mol. The fraction of sp³-hybridized carbons (Fsp3) is 0.346. The van der Waals surface area contributed by atoms with E-state index in [0.29, 0.717) is 23.3 Å². The molecule has 4 rings (SSSR count). The smallest absolute Gasteiger partial charge is 0.408 e. The van der Waals surface area contributed by atoms with Gasteiger partial charge in [0.25, 0.3) is 0 Å². The fourth-order valence-electron chi connectivity index (χ4n) is 4.15. The third-order valence-electron chi connectivity index (χ3n) is 6.00. The van der Waals surface area contributed by atoms with Gasteiger partial charge in [-0.25, -0.2) is 14.4 Å². The zero-order valence-electron chi connectivity index (χ0n) is 18.8. The van der Waals surface area contributed by atoms with Crippen molar-refractivity contribution in [2.45, 2.75) is 58.6 Å². The molecule has 3 aromatic rings. The highest BCUT2D eigenvalue weighted by Gasteiger charge is 2.24. The Morgan fingerprint density at radius 2 is 1.79 bits per heavy atom. The number of carbonyl (C=O) groups excluding carboxylic acids is 2. The molecule has 1 aliphatic carbocycles. The minimum absolute atomic E-state index is 0.102. The molecule has 0 spiro atoms. The molecule has 0 fully saturated rings. The van der Waals surface area contributed by atoms with E-state index < -0.39 is 18.1 Å². The summed E-state index contributed by atoms with van der Waals surface area (Å²) in [4.78, 5) is 37.4. The maximum absolute atomic E-state index is 12.8. The minimum Gasteiger partial charge on any atom is -0.445 e. The maximum Gasteiger partial charge on any atom is 0.408 e. The summed E-state index contributed by atoms with van der Waals surface area (Å²) in [5, 5.41) is 3.44.